The number of nitro groups is 1. The molecule has 0 aliphatic carbocycles. The van der Waals surface area contributed by atoms with E-state index >= 15 is 0 Å². The topological polar surface area (TPSA) is 95.6 Å². The van der Waals surface area contributed by atoms with Crippen LogP contribution in [0.15, 0.2) is 36.4 Å². The summed E-state index contributed by atoms with van der Waals surface area (Å²) >= 11 is 0. The molecule has 0 aliphatic rings. The van der Waals surface area contributed by atoms with Gasteiger partial charge in [-0.3, -0.25) is 10.1 Å². The summed E-state index contributed by atoms with van der Waals surface area (Å²) in [4.78, 5) is 10.2. The van der Waals surface area contributed by atoms with E-state index in [9.17, 15) is 24.7 Å². The Kier molecular flexibility index (Phi) is 3.93. The number of phenols is 2. The zero-order chi connectivity index (χ0) is 15.6. The highest BCUT2D eigenvalue weighted by atomic mass is 19.1. The maximum absolute atomic E-state index is 13.8. The van der Waals surface area contributed by atoms with Gasteiger partial charge in [-0.2, -0.15) is 0 Å². The number of nitro benzene ring substituents is 1. The summed E-state index contributed by atoms with van der Waals surface area (Å²) in [6.45, 7) is 1.63. The first-order chi connectivity index (χ1) is 9.88. The lowest BCUT2D eigenvalue weighted by Gasteiger charge is -2.16. The SMILES string of the molecule is CC(Nc1c(F)cccc1[N+](=O)[O-])c1cc(O)cc(O)c1. The van der Waals surface area contributed by atoms with Crippen LogP contribution in [0.2, 0.25) is 0 Å². The quantitative estimate of drug-likeness (QED) is 0.593. The fourth-order valence-electron chi connectivity index (χ4n) is 1.98. The molecular formula is C14H13FN2O4. The third-order valence-electron chi connectivity index (χ3n) is 2.97. The van der Waals surface area contributed by atoms with Crippen molar-refractivity contribution in [2.24, 2.45) is 0 Å². The maximum atomic E-state index is 13.8. The van der Waals surface area contributed by atoms with Crippen molar-refractivity contribution in [3.63, 3.8) is 0 Å². The molecule has 0 aliphatic heterocycles. The molecule has 0 fully saturated rings. The van der Waals surface area contributed by atoms with E-state index in [4.69, 9.17) is 0 Å². The van der Waals surface area contributed by atoms with Gasteiger partial charge in [0.2, 0.25) is 0 Å². The third kappa shape index (κ3) is 3.19. The van der Waals surface area contributed by atoms with Crippen LogP contribution in [0.3, 0.4) is 0 Å². The Morgan fingerprint density at radius 1 is 1.24 bits per heavy atom. The van der Waals surface area contributed by atoms with E-state index in [-0.39, 0.29) is 22.9 Å². The number of hydrogen-bond acceptors (Lipinski definition) is 5. The molecule has 0 heterocycles. The summed E-state index contributed by atoms with van der Waals surface area (Å²) < 4.78 is 13.8. The molecular weight excluding hydrogens is 279 g/mol. The average molecular weight is 292 g/mol. The summed E-state index contributed by atoms with van der Waals surface area (Å²) in [5, 5.41) is 32.5. The summed E-state index contributed by atoms with van der Waals surface area (Å²) in [5.74, 6) is -1.05. The van der Waals surface area contributed by atoms with Gasteiger partial charge in [-0.1, -0.05) is 6.07 Å². The van der Waals surface area contributed by atoms with Crippen molar-refractivity contribution in [2.45, 2.75) is 13.0 Å². The second kappa shape index (κ2) is 5.66. The van der Waals surface area contributed by atoms with Crippen LogP contribution < -0.4 is 5.32 Å². The largest absolute Gasteiger partial charge is 0.508 e. The van der Waals surface area contributed by atoms with Crippen molar-refractivity contribution in [1.82, 2.24) is 0 Å². The van der Waals surface area contributed by atoms with Crippen molar-refractivity contribution >= 4 is 11.4 Å². The molecule has 2 rings (SSSR count). The first-order valence-corrected chi connectivity index (χ1v) is 6.11. The lowest BCUT2D eigenvalue weighted by molar-refractivity contribution is -0.384. The number of halogens is 1. The lowest BCUT2D eigenvalue weighted by Crippen LogP contribution is -2.10. The number of nitrogens with one attached hydrogen (secondary N) is 1. The van der Waals surface area contributed by atoms with Gasteiger partial charge in [0.15, 0.2) is 5.82 Å². The molecule has 0 bridgehead atoms. The molecule has 7 heteroatoms. The van der Waals surface area contributed by atoms with Crippen LogP contribution in [0.25, 0.3) is 0 Å². The number of anilines is 1. The minimum Gasteiger partial charge on any atom is -0.508 e. The van der Waals surface area contributed by atoms with Gasteiger partial charge in [0.25, 0.3) is 5.69 Å². The predicted molar refractivity (Wildman–Crippen MR) is 74.9 cm³/mol. The van der Waals surface area contributed by atoms with Crippen LogP contribution in [-0.4, -0.2) is 15.1 Å². The molecule has 0 saturated carbocycles. The molecule has 0 saturated heterocycles. The molecule has 3 N–H and O–H groups in total. The predicted octanol–water partition coefficient (Wildman–Crippen LogP) is 3.32. The Hall–Kier alpha value is -2.83. The molecule has 21 heavy (non-hydrogen) atoms. The average Bonchev–Trinajstić information content (AvgIpc) is 2.39. The molecule has 0 amide bonds. The first-order valence-electron chi connectivity index (χ1n) is 6.11. The van der Waals surface area contributed by atoms with E-state index in [0.717, 1.165) is 12.1 Å². The first kappa shape index (κ1) is 14.6. The molecule has 6 nitrogen and oxygen atoms in total. The number of rotatable bonds is 4. The second-order valence-electron chi connectivity index (χ2n) is 4.54. The van der Waals surface area contributed by atoms with Crippen molar-refractivity contribution in [3.8, 4) is 11.5 Å². The standard InChI is InChI=1S/C14H13FN2O4/c1-8(9-5-10(18)7-11(19)6-9)16-14-12(15)3-2-4-13(14)17(20)21/h2-8,16,18-19H,1H3. The number of aromatic hydroxyl groups is 2. The monoisotopic (exact) mass is 292 g/mol. The zero-order valence-corrected chi connectivity index (χ0v) is 11.1. The van der Waals surface area contributed by atoms with Crippen molar-refractivity contribution in [2.75, 3.05) is 5.32 Å². The number of benzene rings is 2. The number of hydrogen-bond donors (Lipinski definition) is 3. The van der Waals surface area contributed by atoms with Crippen molar-refractivity contribution in [3.05, 3.63) is 57.9 Å². The van der Waals surface area contributed by atoms with Crippen LogP contribution in [0.4, 0.5) is 15.8 Å². The summed E-state index contributed by atoms with van der Waals surface area (Å²) in [6.07, 6.45) is 0. The van der Waals surface area contributed by atoms with Gasteiger partial charge in [0.05, 0.1) is 4.92 Å². The maximum Gasteiger partial charge on any atom is 0.295 e. The molecule has 2 aromatic rings. The fourth-order valence-corrected chi connectivity index (χ4v) is 1.98. The van der Waals surface area contributed by atoms with Crippen LogP contribution in [0.5, 0.6) is 11.5 Å². The van der Waals surface area contributed by atoms with E-state index in [1.165, 1.54) is 24.3 Å². The molecule has 0 spiro atoms. The number of nitrogens with zero attached hydrogens (tertiary/aromatic N) is 1. The molecule has 0 radical (unpaired) electrons. The van der Waals surface area contributed by atoms with Crippen LogP contribution >= 0.6 is 0 Å². The third-order valence-corrected chi connectivity index (χ3v) is 2.97. The van der Waals surface area contributed by atoms with Gasteiger partial charge in [-0.25, -0.2) is 4.39 Å². The lowest BCUT2D eigenvalue weighted by atomic mass is 10.1. The van der Waals surface area contributed by atoms with E-state index in [1.54, 1.807) is 6.92 Å². The minimum atomic E-state index is -0.750. The van der Waals surface area contributed by atoms with Gasteiger partial charge in [0, 0.05) is 18.2 Å². The Balaban J connectivity index is 2.35. The van der Waals surface area contributed by atoms with E-state index in [1.807, 2.05) is 0 Å². The van der Waals surface area contributed by atoms with Crippen molar-refractivity contribution < 1.29 is 19.5 Å². The Morgan fingerprint density at radius 2 is 1.86 bits per heavy atom. The summed E-state index contributed by atoms with van der Waals surface area (Å²) in [7, 11) is 0. The van der Waals surface area contributed by atoms with Gasteiger partial charge in [-0.15, -0.1) is 0 Å². The fraction of sp³-hybridized carbons (Fsp3) is 0.143. The molecule has 110 valence electrons. The molecule has 1 atom stereocenters. The molecule has 2 aromatic carbocycles. The molecule has 1 unspecified atom stereocenters. The van der Waals surface area contributed by atoms with Gasteiger partial charge < -0.3 is 15.5 Å². The highest BCUT2D eigenvalue weighted by molar-refractivity contribution is 5.63. The Morgan fingerprint density at radius 3 is 2.43 bits per heavy atom. The summed E-state index contributed by atoms with van der Waals surface area (Å²) in [6, 6.07) is 6.91. The van der Waals surface area contributed by atoms with Crippen LogP contribution in [0, 0.1) is 15.9 Å². The van der Waals surface area contributed by atoms with E-state index < -0.39 is 16.8 Å². The second-order valence-corrected chi connectivity index (χ2v) is 4.54. The van der Waals surface area contributed by atoms with E-state index in [2.05, 4.69) is 5.32 Å². The molecule has 0 aromatic heterocycles. The zero-order valence-electron chi connectivity index (χ0n) is 11.1. The smallest absolute Gasteiger partial charge is 0.295 e. The number of para-hydroxylation sites is 1. The van der Waals surface area contributed by atoms with Gasteiger partial charge in [0.1, 0.15) is 17.2 Å². The van der Waals surface area contributed by atoms with Crippen LogP contribution in [-0.2, 0) is 0 Å². The Labute approximate surface area is 119 Å². The minimum absolute atomic E-state index is 0.151. The Bertz CT molecular complexity index is 670. The van der Waals surface area contributed by atoms with Crippen LogP contribution in [0.1, 0.15) is 18.5 Å². The van der Waals surface area contributed by atoms with E-state index in [0.29, 0.717) is 5.56 Å². The highest BCUT2D eigenvalue weighted by Crippen LogP contribution is 2.32. The normalized spacial score (nSPS) is 11.9. The van der Waals surface area contributed by atoms with Crippen molar-refractivity contribution in [1.29, 1.82) is 0 Å². The summed E-state index contributed by atoms with van der Waals surface area (Å²) in [5.41, 5.74) is -0.158. The number of phenolic OH excluding ortho intramolecular Hbond substituents is 2. The highest BCUT2D eigenvalue weighted by Gasteiger charge is 2.20. The van der Waals surface area contributed by atoms with Gasteiger partial charge in [-0.05, 0) is 30.7 Å². The van der Waals surface area contributed by atoms with Gasteiger partial charge >= 0.3 is 0 Å².